The van der Waals surface area contributed by atoms with Crippen molar-refractivity contribution in [1.82, 2.24) is 20.2 Å². The minimum Gasteiger partial charge on any atom is -0.343 e. The molecule has 1 unspecified atom stereocenters. The molecule has 1 aromatic heterocycles. The highest BCUT2D eigenvalue weighted by Crippen LogP contribution is 2.03. The van der Waals surface area contributed by atoms with Crippen LogP contribution in [0.15, 0.2) is 21.9 Å². The summed E-state index contributed by atoms with van der Waals surface area (Å²) in [4.78, 5) is 58.4. The smallest absolute Gasteiger partial charge is 0.328 e. The number of hydrogen-bond donors (Lipinski definition) is 3. The first kappa shape index (κ1) is 13.7. The molecule has 106 valence electrons. The zero-order valence-electron chi connectivity index (χ0n) is 10.3. The Morgan fingerprint density at radius 2 is 2.10 bits per heavy atom. The van der Waals surface area contributed by atoms with E-state index in [1.165, 1.54) is 6.20 Å². The lowest BCUT2D eigenvalue weighted by Gasteiger charge is -2.21. The minimum atomic E-state index is -0.793. The number of carbonyl (C=O) groups is 3. The van der Waals surface area contributed by atoms with Crippen LogP contribution < -0.4 is 21.9 Å². The Kier molecular flexibility index (Phi) is 3.78. The van der Waals surface area contributed by atoms with Gasteiger partial charge in [-0.05, 0) is 6.42 Å². The number of aromatic nitrogens is 2. The standard InChI is InChI=1S/C11H12N4O5/c16-7-2-1-6(10(19)13-7)12-9(18)5-15-4-3-8(17)14-11(15)20/h3-4,6H,1-2,5H2,(H,12,18)(H,13,16,19)(H,14,17,20). The van der Waals surface area contributed by atoms with E-state index in [1.54, 1.807) is 0 Å². The molecule has 2 heterocycles. The molecule has 0 aromatic carbocycles. The lowest BCUT2D eigenvalue weighted by Crippen LogP contribution is -2.53. The fourth-order valence-electron chi connectivity index (χ4n) is 1.79. The van der Waals surface area contributed by atoms with Crippen molar-refractivity contribution >= 4 is 17.7 Å². The van der Waals surface area contributed by atoms with Crippen LogP contribution in [-0.4, -0.2) is 33.3 Å². The van der Waals surface area contributed by atoms with Gasteiger partial charge < -0.3 is 5.32 Å². The number of H-pyrrole nitrogens is 1. The summed E-state index contributed by atoms with van der Waals surface area (Å²) in [6.07, 6.45) is 1.55. The number of nitrogens with one attached hydrogen (secondary N) is 3. The molecule has 9 heteroatoms. The Bertz CT molecular complexity index is 674. The summed E-state index contributed by atoms with van der Waals surface area (Å²) >= 11 is 0. The van der Waals surface area contributed by atoms with Gasteiger partial charge in [0, 0.05) is 18.7 Å². The van der Waals surface area contributed by atoms with Gasteiger partial charge >= 0.3 is 5.69 Å². The van der Waals surface area contributed by atoms with E-state index in [0.29, 0.717) is 0 Å². The molecule has 0 radical (unpaired) electrons. The van der Waals surface area contributed by atoms with E-state index in [0.717, 1.165) is 10.6 Å². The molecule has 1 aliphatic heterocycles. The van der Waals surface area contributed by atoms with Crippen LogP contribution in [0.3, 0.4) is 0 Å². The number of carbonyl (C=O) groups excluding carboxylic acids is 3. The summed E-state index contributed by atoms with van der Waals surface area (Å²) in [7, 11) is 0. The number of amides is 3. The molecule has 20 heavy (non-hydrogen) atoms. The highest BCUT2D eigenvalue weighted by Gasteiger charge is 2.27. The predicted octanol–water partition coefficient (Wildman–Crippen LogP) is -2.54. The van der Waals surface area contributed by atoms with E-state index in [2.05, 4.69) is 10.6 Å². The average Bonchev–Trinajstić information content (AvgIpc) is 2.36. The van der Waals surface area contributed by atoms with Crippen LogP contribution in [0, 0.1) is 0 Å². The molecule has 2 rings (SSSR count). The third-order valence-electron chi connectivity index (χ3n) is 2.79. The molecule has 0 spiro atoms. The molecule has 3 N–H and O–H groups in total. The van der Waals surface area contributed by atoms with E-state index >= 15 is 0 Å². The van der Waals surface area contributed by atoms with E-state index < -0.39 is 29.1 Å². The van der Waals surface area contributed by atoms with Gasteiger partial charge in [-0.15, -0.1) is 0 Å². The van der Waals surface area contributed by atoms with Gasteiger partial charge in [-0.3, -0.25) is 34.0 Å². The third kappa shape index (κ3) is 3.19. The van der Waals surface area contributed by atoms with Gasteiger partial charge in [0.25, 0.3) is 5.56 Å². The first-order chi connectivity index (χ1) is 9.45. The number of piperidine rings is 1. The summed E-state index contributed by atoms with van der Waals surface area (Å²) in [6, 6.07) is 0.319. The number of aromatic amines is 1. The number of hydrogen-bond acceptors (Lipinski definition) is 5. The second kappa shape index (κ2) is 5.51. The Balaban J connectivity index is 1.99. The van der Waals surface area contributed by atoms with Gasteiger partial charge in [0.2, 0.25) is 17.7 Å². The first-order valence-corrected chi connectivity index (χ1v) is 5.88. The molecule has 3 amide bonds. The Labute approximate surface area is 112 Å². The van der Waals surface area contributed by atoms with Crippen molar-refractivity contribution in [3.63, 3.8) is 0 Å². The van der Waals surface area contributed by atoms with Gasteiger partial charge in [-0.1, -0.05) is 0 Å². The molecule has 0 aliphatic carbocycles. The number of imide groups is 1. The minimum absolute atomic E-state index is 0.148. The largest absolute Gasteiger partial charge is 0.343 e. The molecule has 1 aromatic rings. The Morgan fingerprint density at radius 1 is 1.35 bits per heavy atom. The molecule has 1 aliphatic rings. The Hall–Kier alpha value is -2.71. The van der Waals surface area contributed by atoms with Crippen LogP contribution in [0.1, 0.15) is 12.8 Å². The zero-order chi connectivity index (χ0) is 14.7. The quantitative estimate of drug-likeness (QED) is 0.525. The zero-order valence-corrected chi connectivity index (χ0v) is 10.3. The van der Waals surface area contributed by atoms with Crippen molar-refractivity contribution in [2.24, 2.45) is 0 Å². The highest BCUT2D eigenvalue weighted by atomic mass is 16.2. The van der Waals surface area contributed by atoms with Crippen molar-refractivity contribution < 1.29 is 14.4 Å². The summed E-state index contributed by atoms with van der Waals surface area (Å²) in [5.41, 5.74) is -1.27. The fourth-order valence-corrected chi connectivity index (χ4v) is 1.79. The second-order valence-electron chi connectivity index (χ2n) is 4.31. The van der Waals surface area contributed by atoms with Gasteiger partial charge in [0.1, 0.15) is 12.6 Å². The lowest BCUT2D eigenvalue weighted by atomic mass is 10.1. The molecular formula is C11H12N4O5. The summed E-state index contributed by atoms with van der Waals surface area (Å²) in [6.45, 7) is -0.326. The maximum absolute atomic E-state index is 11.7. The first-order valence-electron chi connectivity index (χ1n) is 5.88. The molecule has 0 bridgehead atoms. The number of nitrogens with zero attached hydrogens (tertiary/aromatic N) is 1. The van der Waals surface area contributed by atoms with Crippen molar-refractivity contribution in [2.75, 3.05) is 0 Å². The fraction of sp³-hybridized carbons (Fsp3) is 0.364. The van der Waals surface area contributed by atoms with Crippen LogP contribution >= 0.6 is 0 Å². The van der Waals surface area contributed by atoms with Crippen molar-refractivity contribution in [2.45, 2.75) is 25.4 Å². The highest BCUT2D eigenvalue weighted by molar-refractivity contribution is 6.01. The second-order valence-corrected chi connectivity index (χ2v) is 4.31. The van der Waals surface area contributed by atoms with Crippen LogP contribution in [0.4, 0.5) is 0 Å². The maximum atomic E-state index is 11.7. The van der Waals surface area contributed by atoms with Crippen molar-refractivity contribution in [3.8, 4) is 0 Å². The van der Waals surface area contributed by atoms with Gasteiger partial charge in [-0.2, -0.15) is 0 Å². The van der Waals surface area contributed by atoms with Gasteiger partial charge in [0.15, 0.2) is 0 Å². The molecular weight excluding hydrogens is 268 g/mol. The van der Waals surface area contributed by atoms with E-state index in [1.807, 2.05) is 4.98 Å². The number of rotatable bonds is 3. The Morgan fingerprint density at radius 3 is 2.75 bits per heavy atom. The summed E-state index contributed by atoms with van der Waals surface area (Å²) < 4.78 is 1.00. The summed E-state index contributed by atoms with van der Waals surface area (Å²) in [5.74, 6) is -1.51. The van der Waals surface area contributed by atoms with Crippen molar-refractivity contribution in [3.05, 3.63) is 33.1 Å². The molecule has 1 saturated heterocycles. The van der Waals surface area contributed by atoms with Crippen molar-refractivity contribution in [1.29, 1.82) is 0 Å². The van der Waals surface area contributed by atoms with Gasteiger partial charge in [0.05, 0.1) is 0 Å². The van der Waals surface area contributed by atoms with E-state index in [9.17, 15) is 24.0 Å². The average molecular weight is 280 g/mol. The molecule has 9 nitrogen and oxygen atoms in total. The normalized spacial score (nSPS) is 18.5. The molecule has 0 saturated carbocycles. The predicted molar refractivity (Wildman–Crippen MR) is 65.6 cm³/mol. The SMILES string of the molecule is O=C1CCC(NC(=O)Cn2ccc(=O)[nH]c2=O)C(=O)N1. The molecule has 1 atom stereocenters. The lowest BCUT2D eigenvalue weighted by molar-refractivity contribution is -0.137. The maximum Gasteiger partial charge on any atom is 0.328 e. The van der Waals surface area contributed by atoms with Crippen LogP contribution in [0.25, 0.3) is 0 Å². The van der Waals surface area contributed by atoms with Crippen LogP contribution in [0.2, 0.25) is 0 Å². The van der Waals surface area contributed by atoms with E-state index in [-0.39, 0.29) is 25.3 Å². The van der Waals surface area contributed by atoms with Gasteiger partial charge in [-0.25, -0.2) is 4.79 Å². The monoisotopic (exact) mass is 280 g/mol. The van der Waals surface area contributed by atoms with Crippen LogP contribution in [0.5, 0.6) is 0 Å². The topological polar surface area (TPSA) is 130 Å². The third-order valence-corrected chi connectivity index (χ3v) is 2.79. The summed E-state index contributed by atoms with van der Waals surface area (Å²) in [5, 5.41) is 4.53. The van der Waals surface area contributed by atoms with Crippen LogP contribution in [-0.2, 0) is 20.9 Å². The molecule has 1 fully saturated rings. The van der Waals surface area contributed by atoms with E-state index in [4.69, 9.17) is 0 Å².